The monoisotopic (exact) mass is 519 g/mol. The molecule has 2 aromatic carbocycles. The average molecular weight is 520 g/mol. The number of aromatic nitrogens is 1. The van der Waals surface area contributed by atoms with Gasteiger partial charge in [-0.2, -0.15) is 0 Å². The smallest absolute Gasteiger partial charge is 0.167 e. The third-order valence-corrected chi connectivity index (χ3v) is 8.06. The second kappa shape index (κ2) is 11.6. The molecule has 2 aromatic heterocycles. The van der Waals surface area contributed by atoms with Gasteiger partial charge < -0.3 is 19.9 Å². The molecular weight excluding hydrogens is 485 g/mol. The van der Waals surface area contributed by atoms with Crippen LogP contribution in [-0.4, -0.2) is 80.1 Å². The second-order valence-electron chi connectivity index (χ2n) is 9.71. The Morgan fingerprint density at radius 2 is 1.89 bits per heavy atom. The van der Waals surface area contributed by atoms with Crippen LogP contribution < -0.4 is 10.1 Å². The van der Waals surface area contributed by atoms with Crippen molar-refractivity contribution < 1.29 is 9.13 Å². The quantitative estimate of drug-likeness (QED) is 0.310. The first-order chi connectivity index (χ1) is 18.0. The van der Waals surface area contributed by atoms with E-state index in [1.807, 2.05) is 0 Å². The molecule has 4 aromatic rings. The van der Waals surface area contributed by atoms with E-state index in [0.29, 0.717) is 11.4 Å². The lowest BCUT2D eigenvalue weighted by molar-refractivity contribution is 0.139. The maximum absolute atomic E-state index is 14.5. The lowest BCUT2D eigenvalue weighted by atomic mass is 10.1. The number of thiophene rings is 1. The van der Waals surface area contributed by atoms with Crippen molar-refractivity contribution in [3.63, 3.8) is 0 Å². The number of halogens is 1. The fourth-order valence-electron chi connectivity index (χ4n) is 4.59. The number of nitrogens with one attached hydrogen (secondary N) is 1. The van der Waals surface area contributed by atoms with Crippen LogP contribution in [0.25, 0.3) is 20.7 Å². The summed E-state index contributed by atoms with van der Waals surface area (Å²) in [5.74, 6) is 0.401. The van der Waals surface area contributed by atoms with Gasteiger partial charge in [0.1, 0.15) is 5.75 Å². The molecule has 0 unspecified atom stereocenters. The molecular formula is C29H34FN5OS. The van der Waals surface area contributed by atoms with Crippen LogP contribution >= 0.6 is 11.3 Å². The minimum absolute atomic E-state index is 0.197. The number of pyridine rings is 1. The van der Waals surface area contributed by atoms with Crippen molar-refractivity contribution in [2.24, 2.45) is 0 Å². The Balaban J connectivity index is 1.28. The average Bonchev–Trinajstić information content (AvgIpc) is 3.35. The summed E-state index contributed by atoms with van der Waals surface area (Å²) in [5.41, 5.74) is 3.99. The van der Waals surface area contributed by atoms with Crippen molar-refractivity contribution in [3.05, 3.63) is 72.2 Å². The summed E-state index contributed by atoms with van der Waals surface area (Å²) in [7, 11) is 6.15. The van der Waals surface area contributed by atoms with Crippen LogP contribution in [0, 0.1) is 5.82 Å². The zero-order valence-electron chi connectivity index (χ0n) is 21.7. The highest BCUT2D eigenvalue weighted by Crippen LogP contribution is 2.40. The molecule has 1 fully saturated rings. The molecule has 0 atom stereocenters. The Labute approximate surface area is 222 Å². The van der Waals surface area contributed by atoms with Crippen molar-refractivity contribution in [1.82, 2.24) is 19.7 Å². The number of hydrogen-bond acceptors (Lipinski definition) is 7. The second-order valence-corrected chi connectivity index (χ2v) is 10.8. The zero-order chi connectivity index (χ0) is 25.8. The van der Waals surface area contributed by atoms with E-state index in [9.17, 15) is 4.39 Å². The fraction of sp³-hybridized carbons (Fsp3) is 0.345. The molecule has 1 saturated heterocycles. The van der Waals surface area contributed by atoms with Gasteiger partial charge in [-0.05, 0) is 49.5 Å². The van der Waals surface area contributed by atoms with Gasteiger partial charge in [-0.25, -0.2) is 4.39 Å². The first kappa shape index (κ1) is 25.6. The first-order valence-corrected chi connectivity index (χ1v) is 13.5. The molecule has 1 N–H and O–H groups in total. The Morgan fingerprint density at radius 1 is 1.05 bits per heavy atom. The van der Waals surface area contributed by atoms with Crippen LogP contribution in [0.3, 0.4) is 0 Å². The number of hydrogen-bond donors (Lipinski definition) is 1. The molecule has 0 bridgehead atoms. The van der Waals surface area contributed by atoms with E-state index in [2.05, 4.69) is 69.4 Å². The van der Waals surface area contributed by atoms with Crippen molar-refractivity contribution in [2.45, 2.75) is 6.54 Å². The van der Waals surface area contributed by atoms with Crippen molar-refractivity contribution in [3.8, 4) is 21.9 Å². The van der Waals surface area contributed by atoms with Crippen LogP contribution in [0.5, 0.6) is 11.5 Å². The predicted molar refractivity (Wildman–Crippen MR) is 151 cm³/mol. The van der Waals surface area contributed by atoms with E-state index in [-0.39, 0.29) is 5.75 Å². The normalized spacial score (nSPS) is 14.9. The molecule has 0 radical (unpaired) electrons. The Hall–Kier alpha value is -3.04. The van der Waals surface area contributed by atoms with Gasteiger partial charge in [0.05, 0.1) is 10.2 Å². The lowest BCUT2D eigenvalue weighted by Crippen LogP contribution is -2.46. The van der Waals surface area contributed by atoms with Crippen LogP contribution in [0.2, 0.25) is 0 Å². The summed E-state index contributed by atoms with van der Waals surface area (Å²) in [6.45, 7) is 7.67. The van der Waals surface area contributed by atoms with Crippen molar-refractivity contribution in [1.29, 1.82) is 0 Å². The molecule has 0 aliphatic carbocycles. The van der Waals surface area contributed by atoms with E-state index in [1.54, 1.807) is 42.8 Å². The highest BCUT2D eigenvalue weighted by Gasteiger charge is 2.15. The van der Waals surface area contributed by atoms with Crippen LogP contribution in [-0.2, 0) is 6.54 Å². The predicted octanol–water partition coefficient (Wildman–Crippen LogP) is 5.62. The molecule has 0 amide bonds. The maximum Gasteiger partial charge on any atom is 0.167 e. The summed E-state index contributed by atoms with van der Waals surface area (Å²) in [5, 5.41) is 2.94. The van der Waals surface area contributed by atoms with E-state index in [1.165, 1.54) is 11.6 Å². The van der Waals surface area contributed by atoms with Gasteiger partial charge in [0, 0.05) is 81.8 Å². The lowest BCUT2D eigenvalue weighted by Gasteiger charge is -2.33. The summed E-state index contributed by atoms with van der Waals surface area (Å²) in [6.07, 6.45) is 1.71. The zero-order valence-corrected chi connectivity index (χ0v) is 22.5. The highest BCUT2D eigenvalue weighted by molar-refractivity contribution is 7.22. The molecule has 1 aliphatic heterocycles. The summed E-state index contributed by atoms with van der Waals surface area (Å²) in [4.78, 5) is 13.0. The molecule has 8 heteroatoms. The first-order valence-electron chi connectivity index (χ1n) is 12.7. The minimum atomic E-state index is -0.405. The van der Waals surface area contributed by atoms with Gasteiger partial charge in [0.15, 0.2) is 11.6 Å². The Bertz CT molecular complexity index is 1350. The third-order valence-electron chi connectivity index (χ3n) is 6.87. The fourth-order valence-corrected chi connectivity index (χ4v) is 5.65. The standard InChI is InChI=1S/C29H34FN5OS/c1-31-23-7-8-26(24(30)18-23)36-27-9-10-32-25-19-28(37-29(25)27)22-6-4-5-21(17-22)20-34(3)13-16-35-14-11-33(2)12-15-35/h4-10,17-19,31H,11-16,20H2,1-3H3. The van der Waals surface area contributed by atoms with Gasteiger partial charge in [-0.1, -0.05) is 18.2 Å². The maximum atomic E-state index is 14.5. The number of nitrogens with zero attached hydrogens (tertiary/aromatic N) is 4. The summed E-state index contributed by atoms with van der Waals surface area (Å²) < 4.78 is 21.4. The van der Waals surface area contributed by atoms with Gasteiger partial charge in [-0.15, -0.1) is 11.3 Å². The molecule has 0 saturated carbocycles. The molecule has 1 aliphatic rings. The number of benzene rings is 2. The van der Waals surface area contributed by atoms with Crippen molar-refractivity contribution in [2.75, 3.05) is 65.7 Å². The third kappa shape index (κ3) is 6.27. The van der Waals surface area contributed by atoms with Crippen LogP contribution in [0.1, 0.15) is 5.56 Å². The molecule has 37 heavy (non-hydrogen) atoms. The van der Waals surface area contributed by atoms with Gasteiger partial charge in [-0.3, -0.25) is 9.88 Å². The molecule has 6 nitrogen and oxygen atoms in total. The van der Waals surface area contributed by atoms with E-state index < -0.39 is 5.82 Å². The summed E-state index contributed by atoms with van der Waals surface area (Å²) in [6, 6.07) is 17.4. The molecule has 194 valence electrons. The number of rotatable bonds is 9. The number of anilines is 1. The SMILES string of the molecule is CNc1ccc(Oc2ccnc3cc(-c4cccc(CN(C)CCN5CCN(C)CC5)c4)sc23)c(F)c1. The Morgan fingerprint density at radius 3 is 2.68 bits per heavy atom. The molecule has 0 spiro atoms. The highest BCUT2D eigenvalue weighted by atomic mass is 32.1. The minimum Gasteiger partial charge on any atom is -0.453 e. The summed E-state index contributed by atoms with van der Waals surface area (Å²) >= 11 is 1.62. The molecule has 3 heterocycles. The van der Waals surface area contributed by atoms with E-state index >= 15 is 0 Å². The van der Waals surface area contributed by atoms with E-state index in [4.69, 9.17) is 4.74 Å². The largest absolute Gasteiger partial charge is 0.453 e. The number of ether oxygens (including phenoxy) is 1. The van der Waals surface area contributed by atoms with Gasteiger partial charge in [0.25, 0.3) is 0 Å². The van der Waals surface area contributed by atoms with Crippen molar-refractivity contribution >= 4 is 27.2 Å². The number of fused-ring (bicyclic) bond motifs is 1. The van der Waals surface area contributed by atoms with Gasteiger partial charge >= 0.3 is 0 Å². The van der Waals surface area contributed by atoms with E-state index in [0.717, 1.165) is 66.5 Å². The topological polar surface area (TPSA) is 43.9 Å². The number of likely N-dealkylation sites (N-methyl/N-ethyl adjacent to an activating group) is 2. The van der Waals surface area contributed by atoms with Crippen LogP contribution in [0.15, 0.2) is 60.8 Å². The Kier molecular flexibility index (Phi) is 8.00. The van der Waals surface area contributed by atoms with Gasteiger partial charge in [0.2, 0.25) is 0 Å². The molecule has 5 rings (SSSR count). The number of piperazine rings is 1. The van der Waals surface area contributed by atoms with Crippen LogP contribution in [0.4, 0.5) is 10.1 Å².